The zero-order valence-corrected chi connectivity index (χ0v) is 10.3. The van der Waals surface area contributed by atoms with E-state index in [1.807, 2.05) is 0 Å². The summed E-state index contributed by atoms with van der Waals surface area (Å²) in [4.78, 5) is 0. The number of rotatable bonds is 4. The van der Waals surface area contributed by atoms with Crippen molar-refractivity contribution in [2.24, 2.45) is 22.7 Å². The van der Waals surface area contributed by atoms with Crippen LogP contribution < -0.4 is 0 Å². The molecule has 0 amide bonds. The van der Waals surface area contributed by atoms with Crippen molar-refractivity contribution in [3.05, 3.63) is 0 Å². The summed E-state index contributed by atoms with van der Waals surface area (Å²) < 4.78 is 0. The highest BCUT2D eigenvalue weighted by Crippen LogP contribution is 2.72. The van der Waals surface area contributed by atoms with E-state index in [1.165, 1.54) is 19.3 Å². The molecule has 1 aliphatic carbocycles. The highest BCUT2D eigenvalue weighted by molar-refractivity contribution is 5.14. The average molecular weight is 182 g/mol. The van der Waals surface area contributed by atoms with Crippen LogP contribution >= 0.6 is 0 Å². The van der Waals surface area contributed by atoms with E-state index in [0.717, 1.165) is 11.8 Å². The predicted octanol–water partition coefficient (Wildman–Crippen LogP) is 4.49. The summed E-state index contributed by atoms with van der Waals surface area (Å²) in [6.45, 7) is 14.5. The summed E-state index contributed by atoms with van der Waals surface area (Å²) in [7, 11) is 0. The molecule has 1 aliphatic rings. The molecule has 1 rings (SSSR count). The van der Waals surface area contributed by atoms with Gasteiger partial charge >= 0.3 is 0 Å². The second-order valence-electron chi connectivity index (χ2n) is 5.63. The van der Waals surface area contributed by atoms with Crippen LogP contribution in [-0.2, 0) is 0 Å². The third-order valence-electron chi connectivity index (χ3n) is 5.34. The highest BCUT2D eigenvalue weighted by Gasteiger charge is 2.66. The van der Waals surface area contributed by atoms with Crippen molar-refractivity contribution in [1.82, 2.24) is 0 Å². The second kappa shape index (κ2) is 3.29. The molecular weight excluding hydrogens is 156 g/mol. The Morgan fingerprint density at radius 2 is 1.69 bits per heavy atom. The molecule has 0 aromatic rings. The Balaban J connectivity index is 2.60. The van der Waals surface area contributed by atoms with Gasteiger partial charge in [-0.3, -0.25) is 0 Å². The molecule has 0 spiro atoms. The molecule has 0 aliphatic heterocycles. The van der Waals surface area contributed by atoms with Crippen molar-refractivity contribution >= 4 is 0 Å². The van der Waals surface area contributed by atoms with Gasteiger partial charge in [0.15, 0.2) is 0 Å². The maximum atomic E-state index is 2.49. The van der Waals surface area contributed by atoms with E-state index in [0.29, 0.717) is 10.8 Å². The van der Waals surface area contributed by atoms with E-state index in [4.69, 9.17) is 0 Å². The minimum absolute atomic E-state index is 0.635. The molecular formula is C13H26. The van der Waals surface area contributed by atoms with Crippen molar-refractivity contribution in [2.75, 3.05) is 0 Å². The van der Waals surface area contributed by atoms with Crippen molar-refractivity contribution in [3.8, 4) is 0 Å². The van der Waals surface area contributed by atoms with E-state index >= 15 is 0 Å². The van der Waals surface area contributed by atoms with Crippen LogP contribution in [0.1, 0.15) is 60.8 Å². The van der Waals surface area contributed by atoms with Crippen molar-refractivity contribution in [1.29, 1.82) is 0 Å². The Morgan fingerprint density at radius 1 is 1.15 bits per heavy atom. The van der Waals surface area contributed by atoms with E-state index < -0.39 is 0 Å². The molecule has 4 unspecified atom stereocenters. The maximum absolute atomic E-state index is 2.49. The summed E-state index contributed by atoms with van der Waals surface area (Å²) in [6, 6.07) is 0. The monoisotopic (exact) mass is 182 g/mol. The van der Waals surface area contributed by atoms with Gasteiger partial charge in [-0.25, -0.2) is 0 Å². The molecule has 13 heavy (non-hydrogen) atoms. The van der Waals surface area contributed by atoms with Crippen LogP contribution in [0.5, 0.6) is 0 Å². The van der Waals surface area contributed by atoms with Crippen LogP contribution in [0.3, 0.4) is 0 Å². The quantitative estimate of drug-likeness (QED) is 0.600. The van der Waals surface area contributed by atoms with Crippen LogP contribution in [0, 0.1) is 22.7 Å². The Hall–Kier alpha value is 0. The molecule has 0 nitrogen and oxygen atoms in total. The summed E-state index contributed by atoms with van der Waals surface area (Å²) in [5.41, 5.74) is 1.27. The van der Waals surface area contributed by atoms with Crippen molar-refractivity contribution in [2.45, 2.75) is 60.8 Å². The maximum Gasteiger partial charge on any atom is -0.0236 e. The molecule has 0 bridgehead atoms. The fraction of sp³-hybridized carbons (Fsp3) is 1.00. The summed E-state index contributed by atoms with van der Waals surface area (Å²) in [6.07, 6.45) is 4.11. The topological polar surface area (TPSA) is 0 Å². The molecule has 0 heteroatoms. The van der Waals surface area contributed by atoms with Gasteiger partial charge in [0.1, 0.15) is 0 Å². The van der Waals surface area contributed by atoms with Gasteiger partial charge in [-0.2, -0.15) is 0 Å². The smallest absolute Gasteiger partial charge is 0.0236 e. The Kier molecular flexibility index (Phi) is 2.81. The van der Waals surface area contributed by atoms with E-state index in [1.54, 1.807) is 0 Å². The minimum Gasteiger partial charge on any atom is -0.0651 e. The van der Waals surface area contributed by atoms with Gasteiger partial charge in [-0.05, 0) is 35.5 Å². The molecule has 0 heterocycles. The summed E-state index contributed by atoms with van der Waals surface area (Å²) in [5, 5.41) is 0. The molecule has 0 radical (unpaired) electrons. The Morgan fingerprint density at radius 3 is 2.00 bits per heavy atom. The third kappa shape index (κ3) is 1.43. The lowest BCUT2D eigenvalue weighted by molar-refractivity contribution is 0.300. The summed E-state index contributed by atoms with van der Waals surface area (Å²) >= 11 is 0. The standard InChI is InChI=1S/C13H26/c1-7-10(3)9-13(6)11(4)12(13,5)8-2/h10-11H,7-9H2,1-6H3. The minimum atomic E-state index is 0.635. The zero-order chi connectivity index (χ0) is 10.3. The highest BCUT2D eigenvalue weighted by atomic mass is 14.7. The van der Waals surface area contributed by atoms with Gasteiger partial charge in [0.05, 0.1) is 0 Å². The summed E-state index contributed by atoms with van der Waals surface area (Å²) in [5.74, 6) is 1.83. The normalized spacial score (nSPS) is 46.2. The van der Waals surface area contributed by atoms with Gasteiger partial charge in [0.2, 0.25) is 0 Å². The van der Waals surface area contributed by atoms with Crippen LogP contribution in [0.2, 0.25) is 0 Å². The lowest BCUT2D eigenvalue weighted by atomic mass is 9.85. The van der Waals surface area contributed by atoms with Crippen molar-refractivity contribution < 1.29 is 0 Å². The molecule has 4 atom stereocenters. The van der Waals surface area contributed by atoms with Crippen LogP contribution in [0.25, 0.3) is 0 Å². The average Bonchev–Trinajstić information content (AvgIpc) is 2.52. The lowest BCUT2D eigenvalue weighted by Gasteiger charge is -2.20. The first-order chi connectivity index (χ1) is 5.92. The first kappa shape index (κ1) is 11.1. The fourth-order valence-electron chi connectivity index (χ4n) is 3.23. The van der Waals surface area contributed by atoms with Gasteiger partial charge in [-0.1, -0.05) is 48.0 Å². The van der Waals surface area contributed by atoms with Gasteiger partial charge in [-0.15, -0.1) is 0 Å². The van der Waals surface area contributed by atoms with Crippen LogP contribution in [0.15, 0.2) is 0 Å². The SMILES string of the molecule is CCC(C)CC1(C)C(C)C1(C)CC. The Labute approximate surface area is 84.1 Å². The van der Waals surface area contributed by atoms with Crippen LogP contribution in [0.4, 0.5) is 0 Å². The van der Waals surface area contributed by atoms with Gasteiger partial charge in [0, 0.05) is 0 Å². The van der Waals surface area contributed by atoms with Crippen molar-refractivity contribution in [3.63, 3.8) is 0 Å². The molecule has 0 aromatic carbocycles. The van der Waals surface area contributed by atoms with Crippen LogP contribution in [-0.4, -0.2) is 0 Å². The second-order valence-corrected chi connectivity index (χ2v) is 5.63. The molecule has 1 saturated carbocycles. The van der Waals surface area contributed by atoms with E-state index in [2.05, 4.69) is 41.5 Å². The number of hydrogen-bond acceptors (Lipinski definition) is 0. The zero-order valence-electron chi connectivity index (χ0n) is 10.3. The first-order valence-corrected chi connectivity index (χ1v) is 5.92. The first-order valence-electron chi connectivity index (χ1n) is 5.92. The lowest BCUT2D eigenvalue weighted by Crippen LogP contribution is -2.10. The predicted molar refractivity (Wildman–Crippen MR) is 59.7 cm³/mol. The number of hydrogen-bond donors (Lipinski definition) is 0. The molecule has 0 saturated heterocycles. The molecule has 0 aromatic heterocycles. The Bertz CT molecular complexity index is 184. The molecule has 78 valence electrons. The molecule has 1 fully saturated rings. The van der Waals surface area contributed by atoms with E-state index in [9.17, 15) is 0 Å². The third-order valence-corrected chi connectivity index (χ3v) is 5.34. The fourth-order valence-corrected chi connectivity index (χ4v) is 3.23. The van der Waals surface area contributed by atoms with Gasteiger partial charge < -0.3 is 0 Å². The van der Waals surface area contributed by atoms with E-state index in [-0.39, 0.29) is 0 Å². The van der Waals surface area contributed by atoms with Gasteiger partial charge in [0.25, 0.3) is 0 Å². The molecule has 0 N–H and O–H groups in total. The largest absolute Gasteiger partial charge is 0.0651 e.